The Balaban J connectivity index is 1.44. The van der Waals surface area contributed by atoms with E-state index < -0.39 is 11.8 Å². The summed E-state index contributed by atoms with van der Waals surface area (Å²) >= 11 is 0. The minimum atomic E-state index is -1.46. The third kappa shape index (κ3) is 4.57. The molecular formula is C21H27NO5. The molecule has 0 spiro atoms. The standard InChI is InChI=1S/C21H27NO5/c1-3-21(20(23)24)25-13-16(14-26-21)9-7-8-12-18-15(2)27-19(22-18)17-10-5-4-6-11-17/h4-6,10-11,16H,3,7-9,12-14H2,1-2H3,(H,23,24)/t16-,21+. The molecule has 0 bridgehead atoms. The van der Waals surface area contributed by atoms with Crippen molar-refractivity contribution in [2.75, 3.05) is 13.2 Å². The topological polar surface area (TPSA) is 81.8 Å². The number of carbonyl (C=O) groups is 1. The lowest BCUT2D eigenvalue weighted by molar-refractivity contribution is -0.280. The molecule has 146 valence electrons. The van der Waals surface area contributed by atoms with Gasteiger partial charge in [0.15, 0.2) is 0 Å². The number of aryl methyl sites for hydroxylation is 2. The van der Waals surface area contributed by atoms with E-state index in [1.165, 1.54) is 0 Å². The molecule has 0 radical (unpaired) electrons. The van der Waals surface area contributed by atoms with Crippen molar-refractivity contribution < 1.29 is 23.8 Å². The highest BCUT2D eigenvalue weighted by molar-refractivity contribution is 5.75. The van der Waals surface area contributed by atoms with Gasteiger partial charge in [-0.15, -0.1) is 0 Å². The van der Waals surface area contributed by atoms with Crippen molar-refractivity contribution >= 4 is 5.97 Å². The first-order chi connectivity index (χ1) is 13.0. The molecular weight excluding hydrogens is 346 g/mol. The number of ether oxygens (including phenoxy) is 2. The number of carboxylic acid groups (broad SMARTS) is 1. The Morgan fingerprint density at radius 1 is 1.22 bits per heavy atom. The predicted molar refractivity (Wildman–Crippen MR) is 100 cm³/mol. The minimum absolute atomic E-state index is 0.238. The quantitative estimate of drug-likeness (QED) is 0.698. The van der Waals surface area contributed by atoms with Gasteiger partial charge in [-0.3, -0.25) is 0 Å². The smallest absolute Gasteiger partial charge is 0.364 e. The summed E-state index contributed by atoms with van der Waals surface area (Å²) in [5, 5.41) is 9.26. The van der Waals surface area contributed by atoms with E-state index in [2.05, 4.69) is 4.98 Å². The molecule has 1 saturated heterocycles. The van der Waals surface area contributed by atoms with Gasteiger partial charge in [-0.25, -0.2) is 9.78 Å². The third-order valence-electron chi connectivity index (χ3n) is 5.09. The molecule has 1 aliphatic rings. The van der Waals surface area contributed by atoms with Gasteiger partial charge in [0.05, 0.1) is 18.9 Å². The second kappa shape index (κ2) is 8.67. The highest BCUT2D eigenvalue weighted by atomic mass is 16.7. The molecule has 0 amide bonds. The molecule has 3 rings (SSSR count). The van der Waals surface area contributed by atoms with Crippen LogP contribution in [-0.4, -0.2) is 35.1 Å². The van der Waals surface area contributed by atoms with Gasteiger partial charge in [-0.2, -0.15) is 0 Å². The van der Waals surface area contributed by atoms with E-state index in [0.29, 0.717) is 25.5 Å². The van der Waals surface area contributed by atoms with Gasteiger partial charge in [0, 0.05) is 17.9 Å². The van der Waals surface area contributed by atoms with Crippen molar-refractivity contribution in [3.8, 4) is 11.5 Å². The van der Waals surface area contributed by atoms with Crippen LogP contribution in [0.3, 0.4) is 0 Å². The Labute approximate surface area is 159 Å². The van der Waals surface area contributed by atoms with Crippen molar-refractivity contribution in [3.63, 3.8) is 0 Å². The fourth-order valence-corrected chi connectivity index (χ4v) is 3.33. The van der Waals surface area contributed by atoms with Crippen LogP contribution in [0.5, 0.6) is 0 Å². The average Bonchev–Trinajstić information content (AvgIpc) is 3.07. The molecule has 2 heterocycles. The van der Waals surface area contributed by atoms with E-state index in [4.69, 9.17) is 13.9 Å². The van der Waals surface area contributed by atoms with E-state index in [1.54, 1.807) is 6.92 Å². The fourth-order valence-electron chi connectivity index (χ4n) is 3.33. The Morgan fingerprint density at radius 2 is 1.93 bits per heavy atom. The monoisotopic (exact) mass is 373 g/mol. The van der Waals surface area contributed by atoms with E-state index >= 15 is 0 Å². The van der Waals surface area contributed by atoms with E-state index in [0.717, 1.165) is 42.7 Å². The molecule has 0 aliphatic carbocycles. The number of oxazole rings is 1. The van der Waals surface area contributed by atoms with Crippen molar-refractivity contribution in [3.05, 3.63) is 41.8 Å². The molecule has 0 atom stereocenters. The first-order valence-electron chi connectivity index (χ1n) is 9.57. The number of hydrogen-bond acceptors (Lipinski definition) is 5. The molecule has 0 unspecified atom stereocenters. The summed E-state index contributed by atoms with van der Waals surface area (Å²) in [6, 6.07) is 9.90. The van der Waals surface area contributed by atoms with E-state index in [1.807, 2.05) is 37.3 Å². The molecule has 0 saturated carbocycles. The molecule has 1 fully saturated rings. The molecule has 2 aromatic rings. The van der Waals surface area contributed by atoms with Crippen molar-refractivity contribution in [1.29, 1.82) is 0 Å². The van der Waals surface area contributed by atoms with Gasteiger partial charge in [-0.1, -0.05) is 31.5 Å². The van der Waals surface area contributed by atoms with E-state index in [9.17, 15) is 9.90 Å². The van der Waals surface area contributed by atoms with Gasteiger partial charge >= 0.3 is 5.97 Å². The molecule has 6 heteroatoms. The van der Waals surface area contributed by atoms with Crippen LogP contribution in [-0.2, 0) is 20.7 Å². The minimum Gasteiger partial charge on any atom is -0.477 e. The second-order valence-electron chi connectivity index (χ2n) is 7.03. The third-order valence-corrected chi connectivity index (χ3v) is 5.09. The number of unbranched alkanes of at least 4 members (excludes halogenated alkanes) is 1. The van der Waals surface area contributed by atoms with Crippen molar-refractivity contribution in [2.24, 2.45) is 5.92 Å². The molecule has 27 heavy (non-hydrogen) atoms. The summed E-state index contributed by atoms with van der Waals surface area (Å²) in [5.41, 5.74) is 1.99. The lowest BCUT2D eigenvalue weighted by atomic mass is 10.0. The van der Waals surface area contributed by atoms with Crippen LogP contribution >= 0.6 is 0 Å². The summed E-state index contributed by atoms with van der Waals surface area (Å²) in [6.07, 6.45) is 4.13. The van der Waals surface area contributed by atoms with Gasteiger partial charge in [0.1, 0.15) is 5.76 Å². The molecule has 1 aromatic heterocycles. The highest BCUT2D eigenvalue weighted by Gasteiger charge is 2.43. The van der Waals surface area contributed by atoms with Crippen LogP contribution in [0, 0.1) is 12.8 Å². The summed E-state index contributed by atoms with van der Waals surface area (Å²) in [5.74, 6) is -0.724. The lowest BCUT2D eigenvalue weighted by Gasteiger charge is -2.36. The number of hydrogen-bond donors (Lipinski definition) is 1. The maximum atomic E-state index is 11.3. The number of benzene rings is 1. The summed E-state index contributed by atoms with van der Waals surface area (Å²) in [6.45, 7) is 4.58. The lowest BCUT2D eigenvalue weighted by Crippen LogP contribution is -2.49. The van der Waals surface area contributed by atoms with Crippen LogP contribution in [0.15, 0.2) is 34.7 Å². The van der Waals surface area contributed by atoms with Crippen LogP contribution in [0.25, 0.3) is 11.5 Å². The maximum absolute atomic E-state index is 11.3. The molecule has 1 N–H and O–H groups in total. The number of aromatic nitrogens is 1. The van der Waals surface area contributed by atoms with Crippen LogP contribution in [0.4, 0.5) is 0 Å². The number of aliphatic carboxylic acids is 1. The van der Waals surface area contributed by atoms with Crippen LogP contribution in [0.2, 0.25) is 0 Å². The Morgan fingerprint density at radius 3 is 2.56 bits per heavy atom. The Bertz CT molecular complexity index is 747. The second-order valence-corrected chi connectivity index (χ2v) is 7.03. The van der Waals surface area contributed by atoms with Crippen molar-refractivity contribution in [1.82, 2.24) is 4.98 Å². The SMILES string of the molecule is CC[C@]1(C(=O)O)OC[C@@H](CCCCc2nc(-c3ccccc3)oc2C)CO1. The van der Waals surface area contributed by atoms with Gasteiger partial charge in [0.2, 0.25) is 5.89 Å². The Kier molecular flexibility index (Phi) is 6.29. The summed E-state index contributed by atoms with van der Waals surface area (Å²) in [4.78, 5) is 15.9. The predicted octanol–water partition coefficient (Wildman–Crippen LogP) is 4.22. The van der Waals surface area contributed by atoms with E-state index in [-0.39, 0.29) is 5.92 Å². The van der Waals surface area contributed by atoms with Gasteiger partial charge < -0.3 is 19.0 Å². The zero-order valence-electron chi connectivity index (χ0n) is 15.9. The largest absolute Gasteiger partial charge is 0.477 e. The molecule has 1 aromatic carbocycles. The molecule has 6 nitrogen and oxygen atoms in total. The average molecular weight is 373 g/mol. The van der Waals surface area contributed by atoms with Crippen LogP contribution < -0.4 is 0 Å². The maximum Gasteiger partial charge on any atom is 0.364 e. The normalized spacial score (nSPS) is 22.7. The number of nitrogens with zero attached hydrogens (tertiary/aromatic N) is 1. The first kappa shape index (κ1) is 19.6. The summed E-state index contributed by atoms with van der Waals surface area (Å²) < 4.78 is 16.9. The number of carboxylic acids is 1. The van der Waals surface area contributed by atoms with Crippen molar-refractivity contribution in [2.45, 2.75) is 51.7 Å². The zero-order chi connectivity index (χ0) is 19.3. The highest BCUT2D eigenvalue weighted by Crippen LogP contribution is 2.28. The first-order valence-corrected chi connectivity index (χ1v) is 9.57. The summed E-state index contributed by atoms with van der Waals surface area (Å²) in [7, 11) is 0. The Hall–Kier alpha value is -2.18. The molecule has 1 aliphatic heterocycles. The number of rotatable bonds is 8. The zero-order valence-corrected chi connectivity index (χ0v) is 15.9. The fraction of sp³-hybridized carbons (Fsp3) is 0.524. The van der Waals surface area contributed by atoms with Crippen LogP contribution in [0.1, 0.15) is 44.1 Å². The van der Waals surface area contributed by atoms with Gasteiger partial charge in [0.25, 0.3) is 5.79 Å². The van der Waals surface area contributed by atoms with Gasteiger partial charge in [-0.05, 0) is 38.3 Å².